The van der Waals surface area contributed by atoms with Gasteiger partial charge < -0.3 is 26.0 Å². The Morgan fingerprint density at radius 1 is 1.14 bits per heavy atom. The van der Waals surface area contributed by atoms with E-state index in [9.17, 15) is 14.7 Å². The van der Waals surface area contributed by atoms with Crippen molar-refractivity contribution in [2.24, 2.45) is 11.8 Å². The molecule has 1 aromatic carbocycles. The van der Waals surface area contributed by atoms with Crippen LogP contribution in [0.2, 0.25) is 0 Å². The van der Waals surface area contributed by atoms with Gasteiger partial charge in [-0.3, -0.25) is 10.1 Å². The van der Waals surface area contributed by atoms with Crippen molar-refractivity contribution in [3.05, 3.63) is 52.9 Å². The van der Waals surface area contributed by atoms with Crippen LogP contribution >= 0.6 is 0 Å². The van der Waals surface area contributed by atoms with Crippen LogP contribution in [0.5, 0.6) is 5.75 Å². The van der Waals surface area contributed by atoms with Crippen molar-refractivity contribution >= 4 is 11.9 Å². The normalized spacial score (nSPS) is 20.1. The predicted molar refractivity (Wildman–Crippen MR) is 148 cm³/mol. The molecule has 5 N–H and O–H groups in total. The topological polar surface area (TPSA) is 106 Å². The summed E-state index contributed by atoms with van der Waals surface area (Å²) < 4.78 is 0. The van der Waals surface area contributed by atoms with Gasteiger partial charge in [0.05, 0.1) is 6.04 Å². The molecule has 2 heterocycles. The smallest absolute Gasteiger partial charge is 0.320 e. The molecule has 0 saturated carbocycles. The predicted octanol–water partition coefficient (Wildman–Crippen LogP) is 3.65. The molecule has 0 radical (unpaired) electrons. The summed E-state index contributed by atoms with van der Waals surface area (Å²) in [7, 11) is 0. The van der Waals surface area contributed by atoms with Crippen LogP contribution in [0.3, 0.4) is 0 Å². The minimum atomic E-state index is -0.279. The molecule has 2 aliphatic rings. The van der Waals surface area contributed by atoms with Gasteiger partial charge in [-0.1, -0.05) is 46.8 Å². The Hall–Kier alpha value is -3.00. The summed E-state index contributed by atoms with van der Waals surface area (Å²) in [6, 6.07) is 6.87. The van der Waals surface area contributed by atoms with Crippen LogP contribution in [0.25, 0.3) is 0 Å². The number of urea groups is 1. The molecule has 1 saturated heterocycles. The fraction of sp³-hybridized carbons (Fsp3) is 0.586. The van der Waals surface area contributed by atoms with Gasteiger partial charge in [-0.25, -0.2) is 4.79 Å². The first-order chi connectivity index (χ1) is 17.7. The Balaban J connectivity index is 1.70. The fourth-order valence-corrected chi connectivity index (χ4v) is 5.02. The molecule has 0 aromatic heterocycles. The standard InChI is InChI=1S/C29H45N5O3/c1-6-26-25(28(36)34-14-13-30-23(18-34)16-20(4)5)17-22(15-19(2)3)27(32-26)33-29(37)31-12-11-21-7-9-24(35)10-8-21/h7-10,17,19-20,23,26,30,32,35H,6,11-16,18H2,1-5H3,(H2,31,33,37)/t23-,26?/m0/s1. The maximum absolute atomic E-state index is 13.7. The Morgan fingerprint density at radius 2 is 1.86 bits per heavy atom. The van der Waals surface area contributed by atoms with Gasteiger partial charge in [-0.05, 0) is 66.9 Å². The number of dihydropyridines is 1. The minimum absolute atomic E-state index is 0.0910. The van der Waals surface area contributed by atoms with Crippen molar-refractivity contribution in [1.29, 1.82) is 0 Å². The van der Waals surface area contributed by atoms with Gasteiger partial charge >= 0.3 is 6.03 Å². The second kappa shape index (κ2) is 13.5. The highest BCUT2D eigenvalue weighted by molar-refractivity contribution is 5.96. The molecular weight excluding hydrogens is 466 g/mol. The molecule has 8 nitrogen and oxygen atoms in total. The summed E-state index contributed by atoms with van der Waals surface area (Å²) in [6.07, 6.45) is 5.21. The van der Waals surface area contributed by atoms with Crippen LogP contribution in [0.4, 0.5) is 4.79 Å². The summed E-state index contributed by atoms with van der Waals surface area (Å²) >= 11 is 0. The molecule has 37 heavy (non-hydrogen) atoms. The van der Waals surface area contributed by atoms with Crippen molar-refractivity contribution in [2.45, 2.75) is 72.4 Å². The van der Waals surface area contributed by atoms with Crippen LogP contribution in [0.1, 0.15) is 59.4 Å². The number of carbonyl (C=O) groups excluding carboxylic acids is 2. The largest absolute Gasteiger partial charge is 0.508 e. The number of nitrogens with zero attached hydrogens (tertiary/aromatic N) is 1. The van der Waals surface area contributed by atoms with E-state index >= 15 is 0 Å². The SMILES string of the molecule is CCC1NC(NC(=O)NCCc2ccc(O)cc2)=C(CC(C)C)C=C1C(=O)N1CCN[C@@H](CC(C)C)C1. The molecule has 3 rings (SSSR count). The number of hydrogen-bond donors (Lipinski definition) is 5. The Bertz CT molecular complexity index is 984. The first-order valence-electron chi connectivity index (χ1n) is 13.7. The summed E-state index contributed by atoms with van der Waals surface area (Å²) in [5.74, 6) is 1.94. The van der Waals surface area contributed by atoms with Gasteiger partial charge in [-0.15, -0.1) is 0 Å². The lowest BCUT2D eigenvalue weighted by atomic mass is 9.92. The third kappa shape index (κ3) is 8.52. The molecule has 2 atom stereocenters. The van der Waals surface area contributed by atoms with E-state index in [0.29, 0.717) is 43.2 Å². The fourth-order valence-electron chi connectivity index (χ4n) is 5.02. The molecule has 8 heteroatoms. The van der Waals surface area contributed by atoms with E-state index in [-0.39, 0.29) is 23.7 Å². The Morgan fingerprint density at radius 3 is 2.51 bits per heavy atom. The van der Waals surface area contributed by atoms with E-state index < -0.39 is 0 Å². The molecule has 204 valence electrons. The number of benzene rings is 1. The number of piperazine rings is 1. The average molecular weight is 512 g/mol. The first kappa shape index (κ1) is 28.6. The Kier molecular flexibility index (Phi) is 10.4. The van der Waals surface area contributed by atoms with Crippen molar-refractivity contribution in [2.75, 3.05) is 26.2 Å². The molecule has 1 aromatic rings. The number of phenolic OH excluding ortho intramolecular Hbond substituents is 1. The van der Waals surface area contributed by atoms with E-state index in [1.807, 2.05) is 23.1 Å². The van der Waals surface area contributed by atoms with Crippen LogP contribution < -0.4 is 21.3 Å². The van der Waals surface area contributed by atoms with Gasteiger partial charge in [0.25, 0.3) is 5.91 Å². The van der Waals surface area contributed by atoms with Gasteiger partial charge in [-0.2, -0.15) is 0 Å². The zero-order chi connectivity index (χ0) is 26.9. The number of carbonyl (C=O) groups is 2. The third-order valence-electron chi connectivity index (χ3n) is 6.80. The Labute approximate surface area is 222 Å². The van der Waals surface area contributed by atoms with Gasteiger partial charge in [0.2, 0.25) is 0 Å². The molecule has 0 aliphatic carbocycles. The lowest BCUT2D eigenvalue weighted by Crippen LogP contribution is -2.55. The van der Waals surface area contributed by atoms with E-state index in [4.69, 9.17) is 0 Å². The monoisotopic (exact) mass is 511 g/mol. The van der Waals surface area contributed by atoms with Gasteiger partial charge in [0.1, 0.15) is 11.6 Å². The zero-order valence-electron chi connectivity index (χ0n) is 23.1. The van der Waals surface area contributed by atoms with Crippen molar-refractivity contribution in [3.8, 4) is 5.75 Å². The summed E-state index contributed by atoms with van der Waals surface area (Å²) in [6.45, 7) is 13.5. The summed E-state index contributed by atoms with van der Waals surface area (Å²) in [4.78, 5) is 28.4. The van der Waals surface area contributed by atoms with E-state index in [1.165, 1.54) is 0 Å². The highest BCUT2D eigenvalue weighted by Crippen LogP contribution is 2.26. The molecular formula is C29H45N5O3. The second-order valence-electron chi connectivity index (χ2n) is 11.0. The maximum atomic E-state index is 13.7. The molecule has 1 unspecified atom stereocenters. The average Bonchev–Trinajstić information content (AvgIpc) is 2.85. The van der Waals surface area contributed by atoms with Crippen LogP contribution in [0.15, 0.2) is 47.3 Å². The molecule has 0 bridgehead atoms. The van der Waals surface area contributed by atoms with E-state index in [1.54, 1.807) is 12.1 Å². The molecule has 3 amide bonds. The molecule has 1 fully saturated rings. The first-order valence-corrected chi connectivity index (χ1v) is 13.7. The minimum Gasteiger partial charge on any atom is -0.508 e. The van der Waals surface area contributed by atoms with Crippen molar-refractivity contribution < 1.29 is 14.7 Å². The number of allylic oxidation sites excluding steroid dienone is 2. The third-order valence-corrected chi connectivity index (χ3v) is 6.80. The van der Waals surface area contributed by atoms with E-state index in [0.717, 1.165) is 49.1 Å². The number of amides is 3. The van der Waals surface area contributed by atoms with Crippen LogP contribution in [-0.4, -0.2) is 60.2 Å². The number of phenols is 1. The molecule has 0 spiro atoms. The second-order valence-corrected chi connectivity index (χ2v) is 11.0. The highest BCUT2D eigenvalue weighted by atomic mass is 16.3. The quantitative estimate of drug-likeness (QED) is 0.330. The number of hydrogen-bond acceptors (Lipinski definition) is 5. The van der Waals surface area contributed by atoms with Crippen LogP contribution in [-0.2, 0) is 11.2 Å². The maximum Gasteiger partial charge on any atom is 0.320 e. The van der Waals surface area contributed by atoms with Crippen molar-refractivity contribution in [3.63, 3.8) is 0 Å². The van der Waals surface area contributed by atoms with Gasteiger partial charge in [0.15, 0.2) is 0 Å². The van der Waals surface area contributed by atoms with Gasteiger partial charge in [0, 0.05) is 37.8 Å². The summed E-state index contributed by atoms with van der Waals surface area (Å²) in [5, 5.41) is 22.4. The number of aromatic hydroxyl groups is 1. The van der Waals surface area contributed by atoms with Crippen LogP contribution in [0, 0.1) is 11.8 Å². The lowest BCUT2D eigenvalue weighted by molar-refractivity contribution is -0.128. The summed E-state index contributed by atoms with van der Waals surface area (Å²) in [5.41, 5.74) is 2.77. The number of nitrogens with one attached hydrogen (secondary N) is 4. The lowest BCUT2D eigenvalue weighted by Gasteiger charge is -2.37. The van der Waals surface area contributed by atoms with Crippen molar-refractivity contribution in [1.82, 2.24) is 26.2 Å². The zero-order valence-corrected chi connectivity index (χ0v) is 23.1. The number of rotatable bonds is 10. The molecule has 2 aliphatic heterocycles. The van der Waals surface area contributed by atoms with E-state index in [2.05, 4.69) is 55.9 Å². The highest BCUT2D eigenvalue weighted by Gasteiger charge is 2.32.